The lowest BCUT2D eigenvalue weighted by Crippen LogP contribution is -2.43. The highest BCUT2D eigenvalue weighted by Gasteiger charge is 2.35. The van der Waals surface area contributed by atoms with E-state index in [1.165, 1.54) is 23.5 Å². The van der Waals surface area contributed by atoms with Crippen LogP contribution in [0.25, 0.3) is 0 Å². The van der Waals surface area contributed by atoms with E-state index < -0.39 is 16.1 Å². The van der Waals surface area contributed by atoms with E-state index in [1.54, 1.807) is 27.4 Å². The Hall–Kier alpha value is -2.23. The number of thiophene rings is 1. The van der Waals surface area contributed by atoms with Crippen molar-refractivity contribution in [2.45, 2.75) is 43.5 Å². The van der Waals surface area contributed by atoms with Crippen LogP contribution in [0, 0.1) is 5.92 Å². The molecule has 1 N–H and O–H groups in total. The number of hydrogen-bond acceptors (Lipinski definition) is 5. The molecule has 2 atom stereocenters. The Morgan fingerprint density at radius 1 is 1.06 bits per heavy atom. The highest BCUT2D eigenvalue weighted by molar-refractivity contribution is 7.89. The minimum absolute atomic E-state index is 0.121. The fourth-order valence-corrected chi connectivity index (χ4v) is 6.55. The molecule has 0 bridgehead atoms. The second-order valence-electron chi connectivity index (χ2n) is 8.26. The normalized spacial score (nSPS) is 22.4. The van der Waals surface area contributed by atoms with Crippen LogP contribution in [0.2, 0.25) is 0 Å². The molecule has 1 aromatic carbocycles. The summed E-state index contributed by atoms with van der Waals surface area (Å²) in [5.74, 6) is -0.0129. The maximum Gasteiger partial charge on any atom is 0.264 e. The molecule has 0 aliphatic carbocycles. The number of piperidine rings is 1. The number of hydrogen-bond donors (Lipinski definition) is 1. The lowest BCUT2D eigenvalue weighted by atomic mass is 10.0. The van der Waals surface area contributed by atoms with Crippen molar-refractivity contribution in [2.24, 2.45) is 5.92 Å². The van der Waals surface area contributed by atoms with Gasteiger partial charge in [0.1, 0.15) is 6.04 Å². The maximum absolute atomic E-state index is 12.9. The Labute approximate surface area is 187 Å². The maximum atomic E-state index is 12.9. The van der Waals surface area contributed by atoms with Gasteiger partial charge in [-0.05, 0) is 67.3 Å². The zero-order valence-corrected chi connectivity index (χ0v) is 19.1. The van der Waals surface area contributed by atoms with Crippen molar-refractivity contribution >= 4 is 38.9 Å². The molecule has 1 aromatic heterocycles. The predicted octanol–water partition coefficient (Wildman–Crippen LogP) is 3.41. The molecule has 3 heterocycles. The van der Waals surface area contributed by atoms with Gasteiger partial charge in [-0.15, -0.1) is 11.3 Å². The van der Waals surface area contributed by atoms with Gasteiger partial charge in [0.25, 0.3) is 5.91 Å². The van der Waals surface area contributed by atoms with Crippen molar-refractivity contribution in [1.82, 2.24) is 9.21 Å². The van der Waals surface area contributed by atoms with Crippen LogP contribution in [0.15, 0.2) is 46.7 Å². The summed E-state index contributed by atoms with van der Waals surface area (Å²) in [6, 6.07) is 9.36. The highest BCUT2D eigenvalue weighted by atomic mass is 32.2. The fraction of sp³-hybridized carbons (Fsp3) is 0.455. The number of nitrogens with one attached hydrogen (secondary N) is 1. The van der Waals surface area contributed by atoms with Gasteiger partial charge in [-0.2, -0.15) is 4.31 Å². The zero-order valence-electron chi connectivity index (χ0n) is 17.5. The first-order chi connectivity index (χ1) is 14.9. The zero-order chi connectivity index (χ0) is 22.0. The summed E-state index contributed by atoms with van der Waals surface area (Å²) in [6.07, 6.45) is 3.31. The lowest BCUT2D eigenvalue weighted by Gasteiger charge is -2.30. The third-order valence-corrected chi connectivity index (χ3v) is 8.66. The van der Waals surface area contributed by atoms with Crippen molar-refractivity contribution in [3.63, 3.8) is 0 Å². The van der Waals surface area contributed by atoms with Gasteiger partial charge in [0, 0.05) is 25.3 Å². The van der Waals surface area contributed by atoms with E-state index >= 15 is 0 Å². The molecule has 0 radical (unpaired) electrons. The fourth-order valence-electron chi connectivity index (χ4n) is 4.27. The monoisotopic (exact) mass is 461 g/mol. The Kier molecular flexibility index (Phi) is 6.45. The standard InChI is InChI=1S/C22H27N3O4S2/c1-16-5-2-12-24(15-16)31(28,29)18-10-8-17(9-11-18)23-21(26)19-6-3-13-25(19)22(27)20-7-4-14-30-20/h4,7-11,14,16,19H,2-3,5-6,12-13,15H2,1H3,(H,23,26)/t16-,19-/m0/s1. The number of sulfonamides is 1. The summed E-state index contributed by atoms with van der Waals surface area (Å²) >= 11 is 1.37. The van der Waals surface area contributed by atoms with Crippen molar-refractivity contribution in [1.29, 1.82) is 0 Å². The first kappa shape index (κ1) is 22.0. The molecule has 0 unspecified atom stereocenters. The van der Waals surface area contributed by atoms with Gasteiger partial charge >= 0.3 is 0 Å². The van der Waals surface area contributed by atoms with Gasteiger partial charge in [0.05, 0.1) is 9.77 Å². The van der Waals surface area contributed by atoms with E-state index in [2.05, 4.69) is 12.2 Å². The molecule has 2 fully saturated rings. The Morgan fingerprint density at radius 3 is 2.48 bits per heavy atom. The van der Waals surface area contributed by atoms with Crippen LogP contribution in [-0.4, -0.2) is 55.1 Å². The molecule has 9 heteroatoms. The number of benzene rings is 1. The van der Waals surface area contributed by atoms with Crippen LogP contribution < -0.4 is 5.32 Å². The quantitative estimate of drug-likeness (QED) is 0.739. The number of carbonyl (C=O) groups excluding carboxylic acids is 2. The Balaban J connectivity index is 1.43. The molecule has 4 rings (SSSR count). The summed E-state index contributed by atoms with van der Waals surface area (Å²) in [6.45, 7) is 3.70. The minimum Gasteiger partial charge on any atom is -0.326 e. The Morgan fingerprint density at radius 2 is 1.81 bits per heavy atom. The smallest absolute Gasteiger partial charge is 0.264 e. The van der Waals surface area contributed by atoms with E-state index in [0.29, 0.717) is 42.5 Å². The SMILES string of the molecule is C[C@H]1CCCN(S(=O)(=O)c2ccc(NC(=O)[C@@H]3CCCN3C(=O)c3cccs3)cc2)C1. The van der Waals surface area contributed by atoms with Crippen LogP contribution in [0.3, 0.4) is 0 Å². The highest BCUT2D eigenvalue weighted by Crippen LogP contribution is 2.26. The van der Waals surface area contributed by atoms with Crippen molar-refractivity contribution < 1.29 is 18.0 Å². The van der Waals surface area contributed by atoms with Gasteiger partial charge in [-0.25, -0.2) is 8.42 Å². The van der Waals surface area contributed by atoms with Crippen LogP contribution in [0.1, 0.15) is 42.3 Å². The first-order valence-electron chi connectivity index (χ1n) is 10.6. The summed E-state index contributed by atoms with van der Waals surface area (Å²) in [5.41, 5.74) is 0.520. The van der Waals surface area contributed by atoms with Gasteiger partial charge in [0.2, 0.25) is 15.9 Å². The molecule has 2 saturated heterocycles. The number of likely N-dealkylation sites (tertiary alicyclic amines) is 1. The van der Waals surface area contributed by atoms with Crippen molar-refractivity contribution in [3.8, 4) is 0 Å². The Bertz CT molecular complexity index is 1040. The van der Waals surface area contributed by atoms with Crippen molar-refractivity contribution in [3.05, 3.63) is 46.7 Å². The summed E-state index contributed by atoms with van der Waals surface area (Å²) in [5, 5.41) is 4.69. The average Bonchev–Trinajstić information content (AvgIpc) is 3.46. The molecule has 2 aromatic rings. The third-order valence-electron chi connectivity index (χ3n) is 5.93. The molecule has 2 amide bonds. The predicted molar refractivity (Wildman–Crippen MR) is 121 cm³/mol. The summed E-state index contributed by atoms with van der Waals surface area (Å²) in [7, 11) is -3.53. The van der Waals surface area contributed by atoms with Crippen LogP contribution in [0.5, 0.6) is 0 Å². The van der Waals surface area contributed by atoms with Crippen LogP contribution in [-0.2, 0) is 14.8 Å². The number of rotatable bonds is 5. The van der Waals surface area contributed by atoms with E-state index in [1.807, 2.05) is 11.4 Å². The molecule has 7 nitrogen and oxygen atoms in total. The van der Waals surface area contributed by atoms with Gasteiger partial charge in [-0.1, -0.05) is 13.0 Å². The largest absolute Gasteiger partial charge is 0.326 e. The summed E-state index contributed by atoms with van der Waals surface area (Å²) in [4.78, 5) is 28.0. The first-order valence-corrected chi connectivity index (χ1v) is 12.9. The van der Waals surface area contributed by atoms with Crippen molar-refractivity contribution in [2.75, 3.05) is 25.0 Å². The van der Waals surface area contributed by atoms with Gasteiger partial charge in [-0.3, -0.25) is 9.59 Å². The molecule has 166 valence electrons. The van der Waals surface area contributed by atoms with E-state index in [4.69, 9.17) is 0 Å². The summed E-state index contributed by atoms with van der Waals surface area (Å²) < 4.78 is 27.3. The van der Waals surface area contributed by atoms with Gasteiger partial charge < -0.3 is 10.2 Å². The molecule has 2 aliphatic heterocycles. The number of amides is 2. The third kappa shape index (κ3) is 4.68. The second-order valence-corrected chi connectivity index (χ2v) is 11.1. The second kappa shape index (κ2) is 9.10. The molecule has 0 spiro atoms. The lowest BCUT2D eigenvalue weighted by molar-refractivity contribution is -0.119. The van der Waals surface area contributed by atoms with E-state index in [0.717, 1.165) is 19.3 Å². The number of carbonyl (C=O) groups is 2. The number of anilines is 1. The van der Waals surface area contributed by atoms with E-state index in [9.17, 15) is 18.0 Å². The van der Waals surface area contributed by atoms with E-state index in [-0.39, 0.29) is 16.7 Å². The van der Waals surface area contributed by atoms with Crippen LogP contribution >= 0.6 is 11.3 Å². The molecule has 2 aliphatic rings. The number of nitrogens with zero attached hydrogens (tertiary/aromatic N) is 2. The molecular weight excluding hydrogens is 434 g/mol. The molecular formula is C22H27N3O4S2. The topological polar surface area (TPSA) is 86.8 Å². The molecule has 0 saturated carbocycles. The average molecular weight is 462 g/mol. The van der Waals surface area contributed by atoms with Gasteiger partial charge in [0.15, 0.2) is 0 Å². The molecule has 31 heavy (non-hydrogen) atoms. The minimum atomic E-state index is -3.53. The van der Waals surface area contributed by atoms with Crippen LogP contribution in [0.4, 0.5) is 5.69 Å².